The molecule has 0 unspecified atom stereocenters. The van der Waals surface area contributed by atoms with Crippen molar-refractivity contribution in [1.82, 2.24) is 4.98 Å². The molecule has 16 heavy (non-hydrogen) atoms. The Morgan fingerprint density at radius 1 is 1.25 bits per heavy atom. The fourth-order valence-electron chi connectivity index (χ4n) is 1.32. The van der Waals surface area contributed by atoms with E-state index in [-0.39, 0.29) is 31.7 Å². The topological polar surface area (TPSA) is 36.7 Å². The van der Waals surface area contributed by atoms with E-state index in [1.54, 1.807) is 6.07 Å². The second kappa shape index (κ2) is 4.06. The maximum atomic E-state index is 13.1. The Hall–Kier alpha value is -1.08. The highest BCUT2D eigenvalue weighted by Crippen LogP contribution is 2.34. The van der Waals surface area contributed by atoms with Crippen LogP contribution in [0.5, 0.6) is 0 Å². The van der Waals surface area contributed by atoms with Crippen LogP contribution in [0.1, 0.15) is 5.56 Å². The van der Waals surface area contributed by atoms with Gasteiger partial charge in [0.1, 0.15) is 22.6 Å². The minimum atomic E-state index is -0.549. The van der Waals surface area contributed by atoms with Gasteiger partial charge in [0.15, 0.2) is 0 Å². The number of pyridine rings is 1. The molecule has 0 saturated heterocycles. The molecule has 2 nitrogen and oxygen atoms in total. The van der Waals surface area contributed by atoms with Gasteiger partial charge in [-0.3, -0.25) is 0 Å². The highest BCUT2D eigenvalue weighted by molar-refractivity contribution is 6.42. The highest BCUT2D eigenvalue weighted by Gasteiger charge is 2.14. The zero-order valence-electron chi connectivity index (χ0n) is 7.56. The Labute approximate surface area is 105 Å². The van der Waals surface area contributed by atoms with Gasteiger partial charge in [0.2, 0.25) is 0 Å². The van der Waals surface area contributed by atoms with Crippen LogP contribution < -0.4 is 0 Å². The molecule has 0 radical (unpaired) electrons. The third-order valence-electron chi connectivity index (χ3n) is 2.01. The van der Waals surface area contributed by atoms with Crippen LogP contribution >= 0.6 is 34.8 Å². The summed E-state index contributed by atoms with van der Waals surface area (Å²) in [4.78, 5) is 3.91. The lowest BCUT2D eigenvalue weighted by atomic mass is 10.1. The third kappa shape index (κ3) is 1.69. The van der Waals surface area contributed by atoms with E-state index in [1.807, 2.05) is 0 Å². The van der Waals surface area contributed by atoms with E-state index >= 15 is 0 Å². The molecule has 0 bridgehead atoms. The Morgan fingerprint density at radius 2 is 1.94 bits per heavy atom. The van der Waals surface area contributed by atoms with E-state index in [2.05, 4.69) is 4.98 Å². The number of hydrogen-bond acceptors (Lipinski definition) is 2. The van der Waals surface area contributed by atoms with Crippen LogP contribution in [-0.2, 0) is 0 Å². The van der Waals surface area contributed by atoms with Crippen LogP contribution in [0, 0.1) is 17.1 Å². The molecule has 1 heterocycles. The summed E-state index contributed by atoms with van der Waals surface area (Å²) in [5.74, 6) is -0.549. The summed E-state index contributed by atoms with van der Waals surface area (Å²) in [5.41, 5.74) is 0.287. The van der Waals surface area contributed by atoms with E-state index in [0.717, 1.165) is 12.1 Å². The van der Waals surface area contributed by atoms with Gasteiger partial charge in [0.05, 0.1) is 15.6 Å². The van der Waals surface area contributed by atoms with Gasteiger partial charge in [0, 0.05) is 5.39 Å². The average molecular weight is 275 g/mol. The number of rotatable bonds is 0. The molecule has 2 aromatic rings. The smallest absolute Gasteiger partial charge is 0.149 e. The van der Waals surface area contributed by atoms with E-state index in [9.17, 15) is 4.39 Å². The van der Waals surface area contributed by atoms with Crippen molar-refractivity contribution < 1.29 is 4.39 Å². The van der Waals surface area contributed by atoms with E-state index in [4.69, 9.17) is 40.1 Å². The van der Waals surface area contributed by atoms with Crippen molar-refractivity contribution >= 4 is 45.7 Å². The minimum Gasteiger partial charge on any atom is -0.233 e. The van der Waals surface area contributed by atoms with Gasteiger partial charge in [-0.15, -0.1) is 0 Å². The second-order valence-electron chi connectivity index (χ2n) is 2.99. The molecule has 0 atom stereocenters. The maximum absolute atomic E-state index is 13.1. The van der Waals surface area contributed by atoms with Crippen molar-refractivity contribution in [2.45, 2.75) is 0 Å². The number of hydrogen-bond donors (Lipinski definition) is 0. The van der Waals surface area contributed by atoms with Gasteiger partial charge in [-0.2, -0.15) is 5.26 Å². The van der Waals surface area contributed by atoms with Crippen molar-refractivity contribution in [1.29, 1.82) is 5.26 Å². The van der Waals surface area contributed by atoms with Crippen molar-refractivity contribution in [3.05, 3.63) is 38.7 Å². The summed E-state index contributed by atoms with van der Waals surface area (Å²) < 4.78 is 13.1. The maximum Gasteiger partial charge on any atom is 0.149 e. The van der Waals surface area contributed by atoms with Gasteiger partial charge in [0.25, 0.3) is 0 Å². The SMILES string of the molecule is N#Cc1c(Cl)nc2c(Cl)cc(F)cc2c1Cl. The molecule has 6 heteroatoms. The molecule has 0 fully saturated rings. The summed E-state index contributed by atoms with van der Waals surface area (Å²) in [6.07, 6.45) is 0. The second-order valence-corrected chi connectivity index (χ2v) is 4.13. The first-order valence-corrected chi connectivity index (χ1v) is 5.22. The molecule has 1 aromatic heterocycles. The predicted octanol–water partition coefficient (Wildman–Crippen LogP) is 4.21. The quantitative estimate of drug-likeness (QED) is 0.675. The monoisotopic (exact) mass is 274 g/mol. The van der Waals surface area contributed by atoms with Gasteiger partial charge < -0.3 is 0 Å². The molecular formula is C10H2Cl3FN2. The van der Waals surface area contributed by atoms with Crippen LogP contribution in [0.15, 0.2) is 12.1 Å². The van der Waals surface area contributed by atoms with Crippen LogP contribution in [0.25, 0.3) is 10.9 Å². The fraction of sp³-hybridized carbons (Fsp3) is 0. The Kier molecular flexibility index (Phi) is 2.90. The highest BCUT2D eigenvalue weighted by atomic mass is 35.5. The van der Waals surface area contributed by atoms with Crippen LogP contribution in [0.2, 0.25) is 15.2 Å². The molecule has 0 aliphatic rings. The first kappa shape index (κ1) is 11.4. The molecule has 2 rings (SSSR count). The Morgan fingerprint density at radius 3 is 2.56 bits per heavy atom. The van der Waals surface area contributed by atoms with Gasteiger partial charge in [-0.1, -0.05) is 34.8 Å². The average Bonchev–Trinajstić information content (AvgIpc) is 2.21. The number of nitriles is 1. The predicted molar refractivity (Wildman–Crippen MR) is 61.4 cm³/mol. The molecule has 1 aromatic carbocycles. The Bertz CT molecular complexity index is 634. The van der Waals surface area contributed by atoms with Crippen LogP contribution in [-0.4, -0.2) is 4.98 Å². The normalized spacial score (nSPS) is 10.4. The molecule has 80 valence electrons. The summed E-state index contributed by atoms with van der Waals surface area (Å²) >= 11 is 17.5. The Balaban J connectivity index is 3.00. The molecule has 0 aliphatic carbocycles. The number of benzene rings is 1. The number of nitrogens with zero attached hydrogens (tertiary/aromatic N) is 2. The largest absolute Gasteiger partial charge is 0.233 e. The zero-order chi connectivity index (χ0) is 11.9. The number of halogens is 4. The zero-order valence-corrected chi connectivity index (χ0v) is 9.83. The first-order valence-electron chi connectivity index (χ1n) is 4.08. The van der Waals surface area contributed by atoms with Gasteiger partial charge in [-0.05, 0) is 12.1 Å². The van der Waals surface area contributed by atoms with Crippen LogP contribution in [0.3, 0.4) is 0 Å². The summed E-state index contributed by atoms with van der Waals surface area (Å²) in [6, 6.07) is 4.07. The molecule has 0 aliphatic heterocycles. The lowest BCUT2D eigenvalue weighted by Gasteiger charge is -2.05. The van der Waals surface area contributed by atoms with Crippen molar-refractivity contribution in [3.63, 3.8) is 0 Å². The van der Waals surface area contributed by atoms with Crippen LogP contribution in [0.4, 0.5) is 4.39 Å². The van der Waals surface area contributed by atoms with Crippen molar-refractivity contribution in [3.8, 4) is 6.07 Å². The van der Waals surface area contributed by atoms with Gasteiger partial charge >= 0.3 is 0 Å². The summed E-state index contributed by atoms with van der Waals surface area (Å²) in [7, 11) is 0. The molecule has 0 spiro atoms. The van der Waals surface area contributed by atoms with E-state index < -0.39 is 5.82 Å². The van der Waals surface area contributed by atoms with Crippen molar-refractivity contribution in [2.75, 3.05) is 0 Å². The standard InChI is InChI=1S/C10H2Cl3FN2/c11-7-2-4(14)1-5-8(12)6(3-15)10(13)16-9(5)7/h1-2H. The summed E-state index contributed by atoms with van der Waals surface area (Å²) in [6.45, 7) is 0. The fourth-order valence-corrected chi connectivity index (χ4v) is 2.12. The molecule has 0 N–H and O–H groups in total. The summed E-state index contributed by atoms with van der Waals surface area (Å²) in [5, 5.41) is 9.19. The lowest BCUT2D eigenvalue weighted by Crippen LogP contribution is -1.90. The molecule has 0 amide bonds. The van der Waals surface area contributed by atoms with Crippen molar-refractivity contribution in [2.24, 2.45) is 0 Å². The lowest BCUT2D eigenvalue weighted by molar-refractivity contribution is 0.629. The minimum absolute atomic E-state index is 0.0116. The first-order chi connectivity index (χ1) is 7.54. The number of aromatic nitrogens is 1. The molecular weight excluding hydrogens is 273 g/mol. The third-order valence-corrected chi connectivity index (χ3v) is 2.97. The molecule has 0 saturated carbocycles. The van der Waals surface area contributed by atoms with E-state index in [1.165, 1.54) is 0 Å². The number of fused-ring (bicyclic) bond motifs is 1. The van der Waals surface area contributed by atoms with E-state index in [0.29, 0.717) is 0 Å². The van der Waals surface area contributed by atoms with Gasteiger partial charge in [-0.25, -0.2) is 9.37 Å².